The molecule has 2 saturated carbocycles. The third-order valence-corrected chi connectivity index (χ3v) is 4.65. The molecule has 4 nitrogen and oxygen atoms in total. The highest BCUT2D eigenvalue weighted by Gasteiger charge is 2.55. The van der Waals surface area contributed by atoms with Crippen molar-refractivity contribution < 1.29 is 0 Å². The van der Waals surface area contributed by atoms with Crippen molar-refractivity contribution in [2.45, 2.75) is 68.1 Å². The largest absolute Gasteiger partial charge is 0.326 e. The maximum Gasteiger partial charge on any atom is 0.0505 e. The Morgan fingerprint density at radius 1 is 0.733 bits per heavy atom. The third-order valence-electron chi connectivity index (χ3n) is 4.65. The minimum atomic E-state index is -0.443. The molecule has 2 aliphatic rings. The minimum absolute atomic E-state index is 0.0143. The molecular formula is C11H24N4. The van der Waals surface area contributed by atoms with E-state index in [1.165, 1.54) is 6.42 Å². The van der Waals surface area contributed by atoms with Crippen molar-refractivity contribution in [1.29, 1.82) is 0 Å². The summed E-state index contributed by atoms with van der Waals surface area (Å²) < 4.78 is 0. The monoisotopic (exact) mass is 212 g/mol. The fraction of sp³-hybridized carbons (Fsp3) is 1.00. The molecule has 0 spiro atoms. The quantitative estimate of drug-likeness (QED) is 0.483. The molecule has 0 aromatic rings. The molecule has 2 aliphatic carbocycles. The first-order chi connectivity index (χ1) is 7.01. The van der Waals surface area contributed by atoms with Crippen molar-refractivity contribution in [2.75, 3.05) is 0 Å². The Labute approximate surface area is 91.7 Å². The van der Waals surface area contributed by atoms with Crippen molar-refractivity contribution in [3.05, 3.63) is 0 Å². The summed E-state index contributed by atoms with van der Waals surface area (Å²) in [4.78, 5) is 0. The van der Waals surface area contributed by atoms with E-state index in [0.717, 1.165) is 38.5 Å². The topological polar surface area (TPSA) is 104 Å². The van der Waals surface area contributed by atoms with Crippen LogP contribution in [0.1, 0.15) is 44.9 Å². The fourth-order valence-electron chi connectivity index (χ4n) is 3.44. The Balaban J connectivity index is 2.26. The van der Waals surface area contributed by atoms with Crippen LogP contribution in [0, 0.1) is 0 Å². The van der Waals surface area contributed by atoms with Crippen LogP contribution in [-0.4, -0.2) is 23.2 Å². The van der Waals surface area contributed by atoms with Gasteiger partial charge in [-0.1, -0.05) is 12.8 Å². The maximum absolute atomic E-state index is 6.50. The van der Waals surface area contributed by atoms with Crippen LogP contribution >= 0.6 is 0 Å². The summed E-state index contributed by atoms with van der Waals surface area (Å²) in [5.41, 5.74) is 24.4. The van der Waals surface area contributed by atoms with Crippen LogP contribution in [0.2, 0.25) is 0 Å². The molecule has 0 aromatic heterocycles. The molecule has 0 aromatic carbocycles. The lowest BCUT2D eigenvalue weighted by atomic mass is 9.64. The van der Waals surface area contributed by atoms with E-state index in [-0.39, 0.29) is 12.1 Å². The first-order valence-electron chi connectivity index (χ1n) is 6.09. The van der Waals surface area contributed by atoms with E-state index in [9.17, 15) is 0 Å². The summed E-state index contributed by atoms with van der Waals surface area (Å²) in [6.45, 7) is 0. The van der Waals surface area contributed by atoms with Gasteiger partial charge in [-0.3, -0.25) is 0 Å². The molecule has 88 valence electrons. The van der Waals surface area contributed by atoms with Gasteiger partial charge in [-0.05, 0) is 32.1 Å². The average molecular weight is 212 g/mol. The van der Waals surface area contributed by atoms with Gasteiger partial charge in [-0.15, -0.1) is 0 Å². The lowest BCUT2D eigenvalue weighted by Gasteiger charge is -2.52. The molecule has 0 saturated heterocycles. The molecule has 0 bridgehead atoms. The summed E-state index contributed by atoms with van der Waals surface area (Å²) in [6, 6.07) is 0.0343. The van der Waals surface area contributed by atoms with Crippen LogP contribution in [0.5, 0.6) is 0 Å². The fourth-order valence-corrected chi connectivity index (χ4v) is 3.44. The highest BCUT2D eigenvalue weighted by Crippen LogP contribution is 2.41. The molecule has 0 heterocycles. The molecule has 2 rings (SSSR count). The number of rotatable bonds is 1. The second kappa shape index (κ2) is 3.70. The highest BCUT2D eigenvalue weighted by molar-refractivity contribution is 5.19. The Kier molecular flexibility index (Phi) is 2.79. The number of hydrogen-bond donors (Lipinski definition) is 4. The van der Waals surface area contributed by atoms with Crippen molar-refractivity contribution >= 4 is 0 Å². The van der Waals surface area contributed by atoms with Crippen molar-refractivity contribution in [1.82, 2.24) is 0 Å². The van der Waals surface area contributed by atoms with E-state index in [4.69, 9.17) is 22.9 Å². The predicted octanol–water partition coefficient (Wildman–Crippen LogP) is -0.206. The van der Waals surface area contributed by atoms with Gasteiger partial charge in [0, 0.05) is 12.1 Å². The van der Waals surface area contributed by atoms with Gasteiger partial charge in [0.15, 0.2) is 0 Å². The summed E-state index contributed by atoms with van der Waals surface area (Å²) in [5, 5.41) is 0. The van der Waals surface area contributed by atoms with Gasteiger partial charge in [-0.2, -0.15) is 0 Å². The van der Waals surface area contributed by atoms with E-state index in [1.807, 2.05) is 0 Å². The molecule has 2 fully saturated rings. The average Bonchev–Trinajstić information content (AvgIpc) is 2.54. The zero-order valence-electron chi connectivity index (χ0n) is 9.41. The molecule has 0 radical (unpaired) electrons. The Morgan fingerprint density at radius 3 is 1.67 bits per heavy atom. The second-order valence-corrected chi connectivity index (χ2v) is 5.43. The first kappa shape index (κ1) is 11.3. The van der Waals surface area contributed by atoms with Gasteiger partial charge >= 0.3 is 0 Å². The molecule has 8 N–H and O–H groups in total. The minimum Gasteiger partial charge on any atom is -0.326 e. The van der Waals surface area contributed by atoms with E-state index in [1.54, 1.807) is 0 Å². The maximum atomic E-state index is 6.50. The highest BCUT2D eigenvalue weighted by atomic mass is 15.0. The SMILES string of the molecule is NC1CCCCC1(N)C1(N)CCCC1N. The Bertz CT molecular complexity index is 245. The smallest absolute Gasteiger partial charge is 0.0505 e. The summed E-state index contributed by atoms with van der Waals surface area (Å²) >= 11 is 0. The Hall–Kier alpha value is -0.160. The van der Waals surface area contributed by atoms with Crippen molar-refractivity contribution in [3.8, 4) is 0 Å². The van der Waals surface area contributed by atoms with E-state index in [2.05, 4.69) is 0 Å². The standard InChI is InChI=1S/C11H24N4/c12-8-4-1-2-6-10(8,14)11(15)7-3-5-9(11)13/h8-9H,1-7,12-15H2. The van der Waals surface area contributed by atoms with Gasteiger partial charge in [0.05, 0.1) is 11.1 Å². The molecular weight excluding hydrogens is 188 g/mol. The summed E-state index contributed by atoms with van der Waals surface area (Å²) in [7, 11) is 0. The van der Waals surface area contributed by atoms with Gasteiger partial charge < -0.3 is 22.9 Å². The van der Waals surface area contributed by atoms with Crippen LogP contribution in [-0.2, 0) is 0 Å². The van der Waals surface area contributed by atoms with Gasteiger partial charge in [-0.25, -0.2) is 0 Å². The second-order valence-electron chi connectivity index (χ2n) is 5.43. The normalized spacial score (nSPS) is 52.0. The lowest BCUT2D eigenvalue weighted by Crippen LogP contribution is -2.77. The molecule has 4 heteroatoms. The lowest BCUT2D eigenvalue weighted by molar-refractivity contribution is 0.124. The molecule has 15 heavy (non-hydrogen) atoms. The van der Waals surface area contributed by atoms with Gasteiger partial charge in [0.1, 0.15) is 0 Å². The molecule has 0 aliphatic heterocycles. The summed E-state index contributed by atoms with van der Waals surface area (Å²) in [5.74, 6) is 0. The van der Waals surface area contributed by atoms with E-state index < -0.39 is 11.1 Å². The van der Waals surface area contributed by atoms with Gasteiger partial charge in [0.2, 0.25) is 0 Å². The van der Waals surface area contributed by atoms with E-state index in [0.29, 0.717) is 0 Å². The predicted molar refractivity (Wildman–Crippen MR) is 62.1 cm³/mol. The van der Waals surface area contributed by atoms with Crippen molar-refractivity contribution in [3.63, 3.8) is 0 Å². The molecule has 4 unspecified atom stereocenters. The summed E-state index contributed by atoms with van der Waals surface area (Å²) in [6.07, 6.45) is 7.23. The number of hydrogen-bond acceptors (Lipinski definition) is 4. The van der Waals surface area contributed by atoms with Crippen molar-refractivity contribution in [2.24, 2.45) is 22.9 Å². The van der Waals surface area contributed by atoms with Crippen LogP contribution in [0.4, 0.5) is 0 Å². The Morgan fingerprint density at radius 2 is 1.20 bits per heavy atom. The zero-order valence-corrected chi connectivity index (χ0v) is 9.41. The first-order valence-corrected chi connectivity index (χ1v) is 6.09. The van der Waals surface area contributed by atoms with Crippen LogP contribution in [0.25, 0.3) is 0 Å². The molecule has 4 atom stereocenters. The van der Waals surface area contributed by atoms with Crippen LogP contribution in [0.15, 0.2) is 0 Å². The van der Waals surface area contributed by atoms with Crippen LogP contribution < -0.4 is 22.9 Å². The third kappa shape index (κ3) is 1.51. The zero-order chi connectivity index (χ0) is 11.1. The van der Waals surface area contributed by atoms with E-state index >= 15 is 0 Å². The number of nitrogens with two attached hydrogens (primary N) is 4. The molecule has 0 amide bonds. The van der Waals surface area contributed by atoms with Crippen LogP contribution in [0.3, 0.4) is 0 Å². The van der Waals surface area contributed by atoms with Gasteiger partial charge in [0.25, 0.3) is 0 Å².